The van der Waals surface area contributed by atoms with Gasteiger partial charge >= 0.3 is 0 Å². The van der Waals surface area contributed by atoms with Gasteiger partial charge in [-0.25, -0.2) is 8.42 Å². The lowest BCUT2D eigenvalue weighted by Gasteiger charge is -2.19. The Morgan fingerprint density at radius 1 is 1.15 bits per heavy atom. The Kier molecular flexibility index (Phi) is 6.26. The molecule has 0 aliphatic carbocycles. The molecule has 0 bridgehead atoms. The number of hydrogen-bond donors (Lipinski definition) is 1. The van der Waals surface area contributed by atoms with Gasteiger partial charge < -0.3 is 10.1 Å². The van der Waals surface area contributed by atoms with Crippen LogP contribution in [-0.4, -0.2) is 34.2 Å². The van der Waals surface area contributed by atoms with Gasteiger partial charge in [-0.3, -0.25) is 9.10 Å². The number of hydrogen-bond acceptors (Lipinski definition) is 4. The van der Waals surface area contributed by atoms with Crippen LogP contribution in [0.5, 0.6) is 5.75 Å². The number of ether oxygens (including phenoxy) is 1. The number of nitrogens with zero attached hydrogens (tertiary/aromatic N) is 1. The summed E-state index contributed by atoms with van der Waals surface area (Å²) in [6.45, 7) is 3.47. The highest BCUT2D eigenvalue weighted by Gasteiger charge is 2.17. The van der Waals surface area contributed by atoms with Crippen molar-refractivity contribution >= 4 is 21.6 Å². The maximum Gasteiger partial charge on any atom is 0.251 e. The Bertz CT molecular complexity index is 863. The molecule has 6 nitrogen and oxygen atoms in total. The fourth-order valence-corrected chi connectivity index (χ4v) is 3.39. The number of benzene rings is 2. The van der Waals surface area contributed by atoms with Crippen LogP contribution >= 0.6 is 0 Å². The Balaban J connectivity index is 2.13. The molecule has 140 valence electrons. The van der Waals surface area contributed by atoms with Crippen LogP contribution in [-0.2, 0) is 10.0 Å². The minimum atomic E-state index is -3.33. The normalized spacial score (nSPS) is 12.3. The van der Waals surface area contributed by atoms with Crippen LogP contribution in [0.3, 0.4) is 0 Å². The van der Waals surface area contributed by atoms with E-state index in [1.54, 1.807) is 38.3 Å². The van der Waals surface area contributed by atoms with Gasteiger partial charge in [0.05, 0.1) is 24.6 Å². The monoisotopic (exact) mass is 376 g/mol. The molecule has 0 fully saturated rings. The standard InChI is InChI=1S/C19H24N2O4S/c1-5-26(23,24)21(3)16-12-10-15(11-13-16)19(22)20-14(2)17-8-6-7-9-18(17)25-4/h6-14H,5H2,1-4H3,(H,20,22)/t14-/m1/s1. The van der Waals surface area contributed by atoms with Crippen molar-refractivity contribution in [1.29, 1.82) is 0 Å². The lowest BCUT2D eigenvalue weighted by atomic mass is 10.1. The number of anilines is 1. The third-order valence-electron chi connectivity index (χ3n) is 4.23. The Morgan fingerprint density at radius 3 is 2.35 bits per heavy atom. The van der Waals surface area contributed by atoms with E-state index in [0.717, 1.165) is 5.56 Å². The third kappa shape index (κ3) is 4.35. The summed E-state index contributed by atoms with van der Waals surface area (Å²) in [6, 6.07) is 13.7. The summed E-state index contributed by atoms with van der Waals surface area (Å²) in [5, 5.41) is 2.93. The average Bonchev–Trinajstić information content (AvgIpc) is 2.67. The highest BCUT2D eigenvalue weighted by molar-refractivity contribution is 7.92. The van der Waals surface area contributed by atoms with E-state index in [1.165, 1.54) is 11.4 Å². The molecule has 0 aliphatic heterocycles. The second kappa shape index (κ2) is 8.23. The molecule has 0 unspecified atom stereocenters. The van der Waals surface area contributed by atoms with E-state index in [0.29, 0.717) is 17.0 Å². The predicted octanol–water partition coefficient (Wildman–Crippen LogP) is 2.97. The summed E-state index contributed by atoms with van der Waals surface area (Å²) in [5.74, 6) is 0.486. The van der Waals surface area contributed by atoms with Crippen molar-refractivity contribution in [2.75, 3.05) is 24.2 Å². The smallest absolute Gasteiger partial charge is 0.251 e. The third-order valence-corrected chi connectivity index (χ3v) is 6.00. The van der Waals surface area contributed by atoms with Gasteiger partial charge in [0.15, 0.2) is 0 Å². The predicted molar refractivity (Wildman–Crippen MR) is 103 cm³/mol. The van der Waals surface area contributed by atoms with Gasteiger partial charge in [-0.1, -0.05) is 18.2 Å². The van der Waals surface area contributed by atoms with E-state index >= 15 is 0 Å². The molecule has 1 atom stereocenters. The number of methoxy groups -OCH3 is 1. The van der Waals surface area contributed by atoms with E-state index in [-0.39, 0.29) is 17.7 Å². The van der Waals surface area contributed by atoms with Gasteiger partial charge in [-0.05, 0) is 44.2 Å². The molecule has 1 N–H and O–H groups in total. The minimum Gasteiger partial charge on any atom is -0.496 e. The van der Waals surface area contributed by atoms with Crippen molar-refractivity contribution in [2.24, 2.45) is 0 Å². The first-order valence-corrected chi connectivity index (χ1v) is 9.91. The second-order valence-electron chi connectivity index (χ2n) is 5.85. The molecule has 0 heterocycles. The Labute approximate surface area is 154 Å². The van der Waals surface area contributed by atoms with Crippen molar-refractivity contribution in [3.63, 3.8) is 0 Å². The average molecular weight is 376 g/mol. The quantitative estimate of drug-likeness (QED) is 0.806. The lowest BCUT2D eigenvalue weighted by Crippen LogP contribution is -2.28. The van der Waals surface area contributed by atoms with E-state index in [2.05, 4.69) is 5.32 Å². The maximum atomic E-state index is 12.5. The summed E-state index contributed by atoms with van der Waals surface area (Å²) >= 11 is 0. The second-order valence-corrected chi connectivity index (χ2v) is 8.14. The number of carbonyl (C=O) groups is 1. The molecule has 2 aromatic rings. The first-order valence-electron chi connectivity index (χ1n) is 8.30. The lowest BCUT2D eigenvalue weighted by molar-refractivity contribution is 0.0939. The fraction of sp³-hybridized carbons (Fsp3) is 0.316. The summed E-state index contributed by atoms with van der Waals surface area (Å²) < 4.78 is 30.4. The van der Waals surface area contributed by atoms with Crippen molar-refractivity contribution in [3.8, 4) is 5.75 Å². The molecule has 0 spiro atoms. The van der Waals surface area contributed by atoms with Crippen LogP contribution < -0.4 is 14.4 Å². The van der Waals surface area contributed by atoms with Crippen LogP contribution in [0.1, 0.15) is 35.8 Å². The van der Waals surface area contributed by atoms with Crippen LogP contribution in [0.15, 0.2) is 48.5 Å². The number of rotatable bonds is 7. The highest BCUT2D eigenvalue weighted by Crippen LogP contribution is 2.25. The Hall–Kier alpha value is -2.54. The van der Waals surface area contributed by atoms with Gasteiger partial charge in [-0.2, -0.15) is 0 Å². The largest absolute Gasteiger partial charge is 0.496 e. The van der Waals surface area contributed by atoms with Crippen molar-refractivity contribution < 1.29 is 17.9 Å². The van der Waals surface area contributed by atoms with Crippen LogP contribution in [0.4, 0.5) is 5.69 Å². The van der Waals surface area contributed by atoms with Gasteiger partial charge in [0, 0.05) is 18.2 Å². The SMILES string of the molecule is CCS(=O)(=O)N(C)c1ccc(C(=O)N[C@H](C)c2ccccc2OC)cc1. The molecule has 1 amide bonds. The molecule has 0 aliphatic rings. The summed E-state index contributed by atoms with van der Waals surface area (Å²) in [6.07, 6.45) is 0. The molecule has 2 rings (SSSR count). The number of amides is 1. The summed E-state index contributed by atoms with van der Waals surface area (Å²) in [5.41, 5.74) is 1.85. The topological polar surface area (TPSA) is 75.7 Å². The zero-order valence-corrected chi connectivity index (χ0v) is 16.2. The van der Waals surface area contributed by atoms with E-state index in [4.69, 9.17) is 4.74 Å². The molecule has 2 aromatic carbocycles. The molecule has 0 radical (unpaired) electrons. The molecule has 26 heavy (non-hydrogen) atoms. The summed E-state index contributed by atoms with van der Waals surface area (Å²) in [4.78, 5) is 12.5. The minimum absolute atomic E-state index is 0.0160. The molecule has 0 aromatic heterocycles. The number of sulfonamides is 1. The molecular formula is C19H24N2O4S. The number of para-hydroxylation sites is 1. The van der Waals surface area contributed by atoms with Crippen molar-refractivity contribution in [1.82, 2.24) is 5.32 Å². The van der Waals surface area contributed by atoms with E-state index in [1.807, 2.05) is 31.2 Å². The zero-order valence-electron chi connectivity index (χ0n) is 15.4. The number of nitrogens with one attached hydrogen (secondary N) is 1. The van der Waals surface area contributed by atoms with Crippen molar-refractivity contribution in [3.05, 3.63) is 59.7 Å². The molecule has 7 heteroatoms. The highest BCUT2D eigenvalue weighted by atomic mass is 32.2. The van der Waals surface area contributed by atoms with Crippen LogP contribution in [0, 0.1) is 0 Å². The van der Waals surface area contributed by atoms with Gasteiger partial charge in [0.1, 0.15) is 5.75 Å². The van der Waals surface area contributed by atoms with Gasteiger partial charge in [-0.15, -0.1) is 0 Å². The van der Waals surface area contributed by atoms with Gasteiger partial charge in [0.2, 0.25) is 10.0 Å². The first-order chi connectivity index (χ1) is 12.3. The van der Waals surface area contributed by atoms with Crippen molar-refractivity contribution in [2.45, 2.75) is 19.9 Å². The van der Waals surface area contributed by atoms with E-state index in [9.17, 15) is 13.2 Å². The molecule has 0 saturated carbocycles. The van der Waals surface area contributed by atoms with Gasteiger partial charge in [0.25, 0.3) is 5.91 Å². The Morgan fingerprint density at radius 2 is 1.77 bits per heavy atom. The maximum absolute atomic E-state index is 12.5. The van der Waals surface area contributed by atoms with Crippen LogP contribution in [0.2, 0.25) is 0 Å². The molecular weight excluding hydrogens is 352 g/mol. The molecule has 0 saturated heterocycles. The fourth-order valence-electron chi connectivity index (χ4n) is 2.56. The zero-order chi connectivity index (χ0) is 19.3. The summed E-state index contributed by atoms with van der Waals surface area (Å²) in [7, 11) is -0.240. The first kappa shape index (κ1) is 19.8. The van der Waals surface area contributed by atoms with E-state index < -0.39 is 10.0 Å². The van der Waals surface area contributed by atoms with Crippen LogP contribution in [0.25, 0.3) is 0 Å². The number of carbonyl (C=O) groups excluding carboxylic acids is 1.